The Balaban J connectivity index is 1.67. The van der Waals surface area contributed by atoms with Gasteiger partial charge in [-0.15, -0.1) is 10.2 Å². The molecular weight excluding hydrogens is 438 g/mol. The van der Waals surface area contributed by atoms with Gasteiger partial charge in [0.05, 0.1) is 6.04 Å². The van der Waals surface area contributed by atoms with Gasteiger partial charge in [-0.05, 0) is 50.1 Å². The molecule has 4 rings (SSSR count). The summed E-state index contributed by atoms with van der Waals surface area (Å²) < 4.78 is 2.84. The van der Waals surface area contributed by atoms with Crippen LogP contribution in [0.3, 0.4) is 0 Å². The lowest BCUT2D eigenvalue weighted by Gasteiger charge is -2.33. The van der Waals surface area contributed by atoms with Gasteiger partial charge < -0.3 is 10.7 Å². The molecule has 2 atom stereocenters. The smallest absolute Gasteiger partial charge is 0.240 e. The van der Waals surface area contributed by atoms with E-state index >= 15 is 0 Å². The third kappa shape index (κ3) is 3.66. The van der Waals surface area contributed by atoms with Gasteiger partial charge in [0, 0.05) is 10.2 Å². The molecule has 1 aliphatic rings. The zero-order valence-electron chi connectivity index (χ0n) is 15.7. The number of anilines is 1. The van der Waals surface area contributed by atoms with Crippen molar-refractivity contribution in [2.75, 3.05) is 10.7 Å². The summed E-state index contributed by atoms with van der Waals surface area (Å²) in [6, 6.07) is 13.8. The van der Waals surface area contributed by atoms with Gasteiger partial charge >= 0.3 is 0 Å². The minimum atomic E-state index is -0.387. The Morgan fingerprint density at radius 1 is 1.14 bits per heavy atom. The molecule has 1 aromatic heterocycles. The van der Waals surface area contributed by atoms with E-state index in [4.69, 9.17) is 0 Å². The van der Waals surface area contributed by atoms with Crippen molar-refractivity contribution in [3.8, 4) is 0 Å². The molecule has 1 amide bonds. The molecule has 2 aromatic carbocycles. The van der Waals surface area contributed by atoms with Gasteiger partial charge in [-0.2, -0.15) is 0 Å². The molecule has 2 N–H and O–H groups in total. The number of thioether (sulfide) groups is 1. The van der Waals surface area contributed by atoms with Crippen LogP contribution < -0.4 is 10.7 Å². The number of amides is 1. The lowest BCUT2D eigenvalue weighted by Crippen LogP contribution is -2.41. The number of halogens is 1. The predicted octanol–water partition coefficient (Wildman–Crippen LogP) is 4.36. The van der Waals surface area contributed by atoms with Crippen molar-refractivity contribution < 1.29 is 4.79 Å². The Morgan fingerprint density at radius 2 is 1.89 bits per heavy atom. The van der Waals surface area contributed by atoms with E-state index < -0.39 is 0 Å². The normalized spacial score (nSPS) is 18.3. The van der Waals surface area contributed by atoms with Crippen molar-refractivity contribution in [1.29, 1.82) is 0 Å². The molecule has 0 aliphatic carbocycles. The molecule has 8 heteroatoms. The van der Waals surface area contributed by atoms with Crippen LogP contribution >= 0.6 is 27.7 Å². The molecule has 1 aliphatic heterocycles. The van der Waals surface area contributed by atoms with E-state index in [-0.39, 0.29) is 17.2 Å². The summed E-state index contributed by atoms with van der Waals surface area (Å²) in [7, 11) is 0. The van der Waals surface area contributed by atoms with Crippen LogP contribution in [0.5, 0.6) is 0 Å². The zero-order valence-corrected chi connectivity index (χ0v) is 18.1. The summed E-state index contributed by atoms with van der Waals surface area (Å²) in [6.07, 6.45) is 0. The SMILES string of the molecule is Cc1ccc([C@@H]2Nn3c(C)nnc3S[C@@H]2C(=O)Nc2ccc(Br)cc2C)cc1. The number of hydrogen-bond donors (Lipinski definition) is 2. The van der Waals surface area contributed by atoms with Crippen LogP contribution in [-0.4, -0.2) is 26.0 Å². The summed E-state index contributed by atoms with van der Waals surface area (Å²) >= 11 is 4.89. The van der Waals surface area contributed by atoms with Gasteiger partial charge in [0.2, 0.25) is 11.1 Å². The number of fused-ring (bicyclic) bond motifs is 1. The first-order valence-corrected chi connectivity index (χ1v) is 10.6. The van der Waals surface area contributed by atoms with Crippen LogP contribution in [0.4, 0.5) is 5.69 Å². The first-order chi connectivity index (χ1) is 13.4. The lowest BCUT2D eigenvalue weighted by molar-refractivity contribution is -0.116. The van der Waals surface area contributed by atoms with Crippen LogP contribution in [0.25, 0.3) is 0 Å². The molecular formula is C20H20BrN5OS. The first kappa shape index (κ1) is 19.0. The van der Waals surface area contributed by atoms with Crippen molar-refractivity contribution in [2.24, 2.45) is 0 Å². The highest BCUT2D eigenvalue weighted by molar-refractivity contribution is 9.10. The van der Waals surface area contributed by atoms with Crippen LogP contribution in [-0.2, 0) is 4.79 Å². The van der Waals surface area contributed by atoms with Gasteiger partial charge in [0.1, 0.15) is 11.1 Å². The molecule has 28 heavy (non-hydrogen) atoms. The first-order valence-electron chi connectivity index (χ1n) is 8.91. The molecule has 3 aromatic rings. The topological polar surface area (TPSA) is 71.8 Å². The largest absolute Gasteiger partial charge is 0.325 e. The molecule has 0 fully saturated rings. The Labute approximate surface area is 176 Å². The van der Waals surface area contributed by atoms with E-state index in [0.29, 0.717) is 5.16 Å². The van der Waals surface area contributed by atoms with Crippen molar-refractivity contribution in [1.82, 2.24) is 14.9 Å². The number of nitrogens with one attached hydrogen (secondary N) is 2. The Bertz CT molecular complexity index is 1030. The Hall–Kier alpha value is -2.32. The number of nitrogens with zero attached hydrogens (tertiary/aromatic N) is 3. The maximum Gasteiger partial charge on any atom is 0.240 e. The fourth-order valence-corrected chi connectivity index (χ4v) is 4.76. The molecule has 6 nitrogen and oxygen atoms in total. The number of rotatable bonds is 3. The maximum absolute atomic E-state index is 13.2. The summed E-state index contributed by atoms with van der Waals surface area (Å²) in [5.41, 5.74) is 7.46. The number of hydrogen-bond acceptors (Lipinski definition) is 5. The summed E-state index contributed by atoms with van der Waals surface area (Å²) in [5.74, 6) is 0.697. The number of aryl methyl sites for hydroxylation is 3. The highest BCUT2D eigenvalue weighted by Gasteiger charge is 2.37. The molecule has 0 unspecified atom stereocenters. The summed E-state index contributed by atoms with van der Waals surface area (Å²) in [5, 5.41) is 11.7. The van der Waals surface area contributed by atoms with Crippen LogP contribution in [0, 0.1) is 20.8 Å². The molecule has 2 heterocycles. The van der Waals surface area contributed by atoms with Crippen molar-refractivity contribution in [3.05, 3.63) is 69.5 Å². The average molecular weight is 458 g/mol. The van der Waals surface area contributed by atoms with Gasteiger partial charge in [0.25, 0.3) is 0 Å². The molecule has 0 spiro atoms. The lowest BCUT2D eigenvalue weighted by atomic mass is 10.0. The Kier molecular flexibility index (Phi) is 5.16. The highest BCUT2D eigenvalue weighted by atomic mass is 79.9. The quantitative estimate of drug-likeness (QED) is 0.610. The molecule has 144 valence electrons. The zero-order chi connectivity index (χ0) is 19.8. The monoisotopic (exact) mass is 457 g/mol. The second kappa shape index (κ2) is 7.60. The molecule has 0 radical (unpaired) electrons. The molecule has 0 bridgehead atoms. The van der Waals surface area contributed by atoms with Gasteiger partial charge in [-0.3, -0.25) is 4.79 Å². The number of carbonyl (C=O) groups is 1. The van der Waals surface area contributed by atoms with E-state index in [1.807, 2.05) is 36.7 Å². The average Bonchev–Trinajstić information content (AvgIpc) is 3.04. The standard InChI is InChI=1S/C20H20BrN5OS/c1-11-4-6-14(7-5-11)17-18(28-20-24-23-13(3)26(20)25-17)19(27)22-16-9-8-15(21)10-12(16)2/h4-10,17-18,25H,1-3H3,(H,22,27)/t17-,18-/m0/s1. The third-order valence-electron chi connectivity index (χ3n) is 4.74. The van der Waals surface area contributed by atoms with E-state index in [9.17, 15) is 4.79 Å². The fraction of sp³-hybridized carbons (Fsp3) is 0.250. The number of benzene rings is 2. The third-order valence-corrected chi connectivity index (χ3v) is 6.45. The summed E-state index contributed by atoms with van der Waals surface area (Å²) in [4.78, 5) is 13.2. The summed E-state index contributed by atoms with van der Waals surface area (Å²) in [6.45, 7) is 5.92. The van der Waals surface area contributed by atoms with E-state index in [1.165, 1.54) is 17.3 Å². The maximum atomic E-state index is 13.2. The number of aromatic nitrogens is 3. The van der Waals surface area contributed by atoms with Gasteiger partial charge in [-0.25, -0.2) is 4.68 Å². The molecule has 0 saturated carbocycles. The minimum absolute atomic E-state index is 0.0691. The van der Waals surface area contributed by atoms with Crippen molar-refractivity contribution in [2.45, 2.75) is 37.2 Å². The predicted molar refractivity (Wildman–Crippen MR) is 115 cm³/mol. The van der Waals surface area contributed by atoms with Gasteiger partial charge in [0.15, 0.2) is 0 Å². The van der Waals surface area contributed by atoms with Crippen molar-refractivity contribution >= 4 is 39.3 Å². The van der Waals surface area contributed by atoms with Gasteiger partial charge in [-0.1, -0.05) is 57.5 Å². The highest BCUT2D eigenvalue weighted by Crippen LogP contribution is 2.37. The second-order valence-electron chi connectivity index (χ2n) is 6.87. The fourth-order valence-electron chi connectivity index (χ4n) is 3.16. The Morgan fingerprint density at radius 3 is 2.61 bits per heavy atom. The van der Waals surface area contributed by atoms with E-state index in [2.05, 4.69) is 68.1 Å². The second-order valence-corrected chi connectivity index (χ2v) is 8.89. The van der Waals surface area contributed by atoms with Crippen LogP contribution in [0.15, 0.2) is 52.1 Å². The minimum Gasteiger partial charge on any atom is -0.325 e. The van der Waals surface area contributed by atoms with E-state index in [1.54, 1.807) is 0 Å². The number of carbonyl (C=O) groups excluding carboxylic acids is 1. The van der Waals surface area contributed by atoms with Crippen LogP contribution in [0.1, 0.15) is 28.6 Å². The van der Waals surface area contributed by atoms with Crippen molar-refractivity contribution in [3.63, 3.8) is 0 Å². The molecule has 0 saturated heterocycles. The van der Waals surface area contributed by atoms with Crippen LogP contribution in [0.2, 0.25) is 0 Å². The van der Waals surface area contributed by atoms with E-state index in [0.717, 1.165) is 27.1 Å².